The zero-order chi connectivity index (χ0) is 14.7. The number of hydrogen-bond donors (Lipinski definition) is 1. The van der Waals surface area contributed by atoms with E-state index in [2.05, 4.69) is 4.90 Å². The van der Waals surface area contributed by atoms with Gasteiger partial charge in [-0.25, -0.2) is 0 Å². The van der Waals surface area contributed by atoms with Crippen molar-refractivity contribution in [3.05, 3.63) is 0 Å². The summed E-state index contributed by atoms with van der Waals surface area (Å²) in [6.45, 7) is 11.2. The van der Waals surface area contributed by atoms with Crippen LogP contribution in [0.3, 0.4) is 0 Å². The summed E-state index contributed by atoms with van der Waals surface area (Å²) in [7, 11) is 1.63. The number of rotatable bonds is 5. The first-order chi connectivity index (χ1) is 8.63. The molecule has 0 radical (unpaired) electrons. The van der Waals surface area contributed by atoms with Crippen molar-refractivity contribution in [2.75, 3.05) is 39.8 Å². The molecule has 19 heavy (non-hydrogen) atoms. The summed E-state index contributed by atoms with van der Waals surface area (Å²) in [4.78, 5) is 16.2. The highest BCUT2D eigenvalue weighted by Crippen LogP contribution is 2.16. The van der Waals surface area contributed by atoms with E-state index in [0.717, 1.165) is 26.2 Å². The average Bonchev–Trinajstić information content (AvgIpc) is 2.27. The molecule has 0 aromatic heterocycles. The van der Waals surface area contributed by atoms with Gasteiger partial charge in [-0.3, -0.25) is 9.69 Å². The largest absolute Gasteiger partial charge is 0.389 e. The summed E-state index contributed by atoms with van der Waals surface area (Å²) >= 11 is 0. The molecule has 1 rings (SSSR count). The number of amides is 1. The molecule has 1 heterocycles. The fraction of sp³-hybridized carbons (Fsp3) is 0.929. The second-order valence-corrected chi connectivity index (χ2v) is 6.61. The summed E-state index contributed by atoms with van der Waals surface area (Å²) in [6.07, 6.45) is 0.412. The third kappa shape index (κ3) is 5.89. The number of hydrogen-bond acceptors (Lipinski definition) is 4. The molecule has 0 aliphatic carbocycles. The van der Waals surface area contributed by atoms with Crippen molar-refractivity contribution in [2.24, 2.45) is 0 Å². The van der Waals surface area contributed by atoms with Gasteiger partial charge in [0.05, 0.1) is 17.6 Å². The van der Waals surface area contributed by atoms with Crippen LogP contribution in [-0.2, 0) is 9.53 Å². The summed E-state index contributed by atoms with van der Waals surface area (Å²) in [5, 5.41) is 9.79. The normalized spacial score (nSPS) is 18.7. The molecule has 0 unspecified atom stereocenters. The molecule has 112 valence electrons. The Labute approximate surface area is 116 Å². The van der Waals surface area contributed by atoms with Gasteiger partial charge < -0.3 is 14.7 Å². The predicted molar refractivity (Wildman–Crippen MR) is 75.0 cm³/mol. The third-order valence-corrected chi connectivity index (χ3v) is 3.47. The first kappa shape index (κ1) is 16.4. The average molecular weight is 272 g/mol. The quantitative estimate of drug-likeness (QED) is 0.801. The topological polar surface area (TPSA) is 53.0 Å². The molecule has 0 atom stereocenters. The summed E-state index contributed by atoms with van der Waals surface area (Å²) < 4.78 is 5.30. The zero-order valence-electron chi connectivity index (χ0n) is 12.9. The number of aliphatic hydroxyl groups is 1. The minimum atomic E-state index is -0.676. The van der Waals surface area contributed by atoms with Crippen molar-refractivity contribution in [3.63, 3.8) is 0 Å². The van der Waals surface area contributed by atoms with Gasteiger partial charge in [0.25, 0.3) is 0 Å². The standard InChI is InChI=1S/C14H28N2O3/c1-13(2,18)11-15-6-8-16(9-7-15)12(17)10-14(3,4)19-5/h18H,6-11H2,1-5H3. The zero-order valence-corrected chi connectivity index (χ0v) is 12.9. The number of nitrogens with zero attached hydrogens (tertiary/aromatic N) is 2. The van der Waals surface area contributed by atoms with Gasteiger partial charge >= 0.3 is 0 Å². The molecule has 0 spiro atoms. The van der Waals surface area contributed by atoms with Gasteiger partial charge in [-0.2, -0.15) is 0 Å². The lowest BCUT2D eigenvalue weighted by Gasteiger charge is -2.38. The second kappa shape index (κ2) is 6.20. The highest BCUT2D eigenvalue weighted by Gasteiger charge is 2.28. The van der Waals surface area contributed by atoms with Crippen LogP contribution in [0.4, 0.5) is 0 Å². The molecule has 0 saturated carbocycles. The Bertz CT molecular complexity index is 302. The minimum absolute atomic E-state index is 0.148. The van der Waals surface area contributed by atoms with Gasteiger partial charge in [-0.15, -0.1) is 0 Å². The third-order valence-electron chi connectivity index (χ3n) is 3.47. The Morgan fingerprint density at radius 2 is 1.68 bits per heavy atom. The van der Waals surface area contributed by atoms with E-state index in [1.165, 1.54) is 0 Å². The highest BCUT2D eigenvalue weighted by molar-refractivity contribution is 5.77. The molecule has 0 aromatic rings. The molecule has 1 amide bonds. The molecule has 5 heteroatoms. The maximum Gasteiger partial charge on any atom is 0.225 e. The van der Waals surface area contributed by atoms with E-state index >= 15 is 0 Å². The molecule has 0 bridgehead atoms. The Morgan fingerprint density at radius 3 is 2.11 bits per heavy atom. The van der Waals surface area contributed by atoms with E-state index in [9.17, 15) is 9.90 Å². The van der Waals surface area contributed by atoms with E-state index in [4.69, 9.17) is 4.74 Å². The maximum absolute atomic E-state index is 12.1. The SMILES string of the molecule is COC(C)(C)CC(=O)N1CCN(CC(C)(C)O)CC1. The van der Waals surface area contributed by atoms with Crippen molar-refractivity contribution < 1.29 is 14.6 Å². The molecule has 1 aliphatic heterocycles. The number of carbonyl (C=O) groups is 1. The van der Waals surface area contributed by atoms with E-state index < -0.39 is 11.2 Å². The molecule has 1 saturated heterocycles. The van der Waals surface area contributed by atoms with Crippen LogP contribution in [0.25, 0.3) is 0 Å². The van der Waals surface area contributed by atoms with E-state index in [1.807, 2.05) is 32.6 Å². The molecular weight excluding hydrogens is 244 g/mol. The van der Waals surface area contributed by atoms with Crippen LogP contribution in [0.15, 0.2) is 0 Å². The molecule has 0 aromatic carbocycles. The Morgan fingerprint density at radius 1 is 1.16 bits per heavy atom. The summed E-state index contributed by atoms with van der Waals surface area (Å²) in [5.74, 6) is 0.148. The van der Waals surface area contributed by atoms with Gasteiger partial charge in [-0.05, 0) is 27.7 Å². The predicted octanol–water partition coefficient (Wildman–Crippen LogP) is 0.717. The molecule has 1 N–H and O–H groups in total. The van der Waals surface area contributed by atoms with Gasteiger partial charge in [0.2, 0.25) is 5.91 Å². The van der Waals surface area contributed by atoms with Crippen LogP contribution in [0.2, 0.25) is 0 Å². The Hall–Kier alpha value is -0.650. The molecule has 1 aliphatic rings. The minimum Gasteiger partial charge on any atom is -0.389 e. The van der Waals surface area contributed by atoms with Crippen molar-refractivity contribution in [1.82, 2.24) is 9.80 Å². The van der Waals surface area contributed by atoms with Crippen LogP contribution >= 0.6 is 0 Å². The van der Waals surface area contributed by atoms with Crippen LogP contribution in [0.1, 0.15) is 34.1 Å². The first-order valence-corrected chi connectivity index (χ1v) is 6.91. The smallest absolute Gasteiger partial charge is 0.225 e. The number of ether oxygens (including phenoxy) is 1. The van der Waals surface area contributed by atoms with Gasteiger partial charge in [0.15, 0.2) is 0 Å². The molecule has 1 fully saturated rings. The maximum atomic E-state index is 12.1. The van der Waals surface area contributed by atoms with E-state index in [-0.39, 0.29) is 5.91 Å². The lowest BCUT2D eigenvalue weighted by molar-refractivity contribution is -0.138. The molecule has 5 nitrogen and oxygen atoms in total. The van der Waals surface area contributed by atoms with E-state index in [0.29, 0.717) is 13.0 Å². The second-order valence-electron chi connectivity index (χ2n) is 6.61. The lowest BCUT2D eigenvalue weighted by Crippen LogP contribution is -2.52. The van der Waals surface area contributed by atoms with Crippen LogP contribution < -0.4 is 0 Å². The van der Waals surface area contributed by atoms with Gasteiger partial charge in [0, 0.05) is 39.8 Å². The molecular formula is C14H28N2O3. The fourth-order valence-electron chi connectivity index (χ4n) is 2.25. The summed E-state index contributed by atoms with van der Waals surface area (Å²) in [5.41, 5.74) is -1.08. The van der Waals surface area contributed by atoms with Gasteiger partial charge in [0.1, 0.15) is 0 Å². The fourth-order valence-corrected chi connectivity index (χ4v) is 2.25. The number of piperazine rings is 1. The van der Waals surface area contributed by atoms with E-state index in [1.54, 1.807) is 7.11 Å². The van der Waals surface area contributed by atoms with Crippen LogP contribution in [0, 0.1) is 0 Å². The monoisotopic (exact) mass is 272 g/mol. The number of methoxy groups -OCH3 is 1. The van der Waals surface area contributed by atoms with Crippen LogP contribution in [-0.4, -0.2) is 71.8 Å². The van der Waals surface area contributed by atoms with Crippen LogP contribution in [0.5, 0.6) is 0 Å². The number of carbonyl (C=O) groups excluding carboxylic acids is 1. The van der Waals surface area contributed by atoms with Crippen molar-refractivity contribution in [2.45, 2.75) is 45.3 Å². The highest BCUT2D eigenvalue weighted by atomic mass is 16.5. The summed E-state index contributed by atoms with van der Waals surface area (Å²) in [6, 6.07) is 0. The van der Waals surface area contributed by atoms with Crippen molar-refractivity contribution in [3.8, 4) is 0 Å². The van der Waals surface area contributed by atoms with Gasteiger partial charge in [-0.1, -0.05) is 0 Å². The first-order valence-electron chi connectivity index (χ1n) is 6.91. The van der Waals surface area contributed by atoms with Crippen molar-refractivity contribution >= 4 is 5.91 Å². The Kier molecular flexibility index (Phi) is 5.35. The Balaban J connectivity index is 2.39. The van der Waals surface area contributed by atoms with Crippen molar-refractivity contribution in [1.29, 1.82) is 0 Å². The number of β-amino-alcohol motifs (C(OH)–C–C–N with tert-alkyl or cyclic N) is 1. The lowest BCUT2D eigenvalue weighted by atomic mass is 10.0.